The molecule has 0 spiro atoms. The smallest absolute Gasteiger partial charge is 0.162 e. The fourth-order valence-corrected chi connectivity index (χ4v) is 3.31. The largest absolute Gasteiger partial charge is 0.490 e. The highest BCUT2D eigenvalue weighted by atomic mass is 79.9. The van der Waals surface area contributed by atoms with Gasteiger partial charge in [-0.15, -0.1) is 0 Å². The van der Waals surface area contributed by atoms with Crippen molar-refractivity contribution in [3.63, 3.8) is 0 Å². The minimum atomic E-state index is -0.377. The topological polar surface area (TPSA) is 43.6 Å². The molecular formula is C21H20BrClFNO3. The van der Waals surface area contributed by atoms with Gasteiger partial charge in [-0.3, -0.25) is 0 Å². The number of halogens is 3. The zero-order valence-corrected chi connectivity index (χ0v) is 17.6. The predicted molar refractivity (Wildman–Crippen MR) is 110 cm³/mol. The Hall–Kier alpha value is -2.02. The summed E-state index contributed by atoms with van der Waals surface area (Å²) in [4.78, 5) is 0. The number of hydrogen-bond acceptors (Lipinski definition) is 4. The molecule has 0 unspecified atom stereocenters. The predicted octanol–water partition coefficient (Wildman–Crippen LogP) is 6.10. The number of rotatable bonds is 9. The lowest BCUT2D eigenvalue weighted by Crippen LogP contribution is -2.13. The van der Waals surface area contributed by atoms with E-state index in [1.165, 1.54) is 12.1 Å². The minimum absolute atomic E-state index is 0.210. The maximum Gasteiger partial charge on any atom is 0.162 e. The lowest BCUT2D eigenvalue weighted by molar-refractivity contribution is 0.268. The molecule has 3 aromatic rings. The summed E-state index contributed by atoms with van der Waals surface area (Å²) in [6, 6.07) is 11.8. The molecule has 0 radical (unpaired) electrons. The molecule has 1 aromatic heterocycles. The first-order chi connectivity index (χ1) is 13.6. The Morgan fingerprint density at radius 1 is 1.07 bits per heavy atom. The molecule has 28 heavy (non-hydrogen) atoms. The van der Waals surface area contributed by atoms with Crippen LogP contribution in [0.1, 0.15) is 23.8 Å². The highest BCUT2D eigenvalue weighted by Crippen LogP contribution is 2.35. The molecule has 0 fully saturated rings. The monoisotopic (exact) mass is 467 g/mol. The standard InChI is InChI=1S/C21H20BrClFNO3/c1-2-26-20-8-15(11-25-12-17-4-3-7-27-17)18(22)10-21(20)28-13-14-5-6-16(24)9-19(14)23/h3-10,25H,2,11-13H2,1H3. The number of hydrogen-bond donors (Lipinski definition) is 1. The first kappa shape index (κ1) is 20.7. The zero-order chi connectivity index (χ0) is 19.9. The van der Waals surface area contributed by atoms with Crippen LogP contribution in [0.25, 0.3) is 0 Å². The van der Waals surface area contributed by atoms with Crippen molar-refractivity contribution in [2.75, 3.05) is 6.61 Å². The van der Waals surface area contributed by atoms with Crippen molar-refractivity contribution in [2.24, 2.45) is 0 Å². The minimum Gasteiger partial charge on any atom is -0.490 e. The van der Waals surface area contributed by atoms with E-state index >= 15 is 0 Å². The molecule has 2 aromatic carbocycles. The van der Waals surface area contributed by atoms with E-state index in [1.54, 1.807) is 12.3 Å². The van der Waals surface area contributed by atoms with Crippen LogP contribution in [0.15, 0.2) is 57.6 Å². The molecule has 148 valence electrons. The van der Waals surface area contributed by atoms with Crippen molar-refractivity contribution in [1.82, 2.24) is 5.32 Å². The van der Waals surface area contributed by atoms with Crippen molar-refractivity contribution < 1.29 is 18.3 Å². The van der Waals surface area contributed by atoms with Gasteiger partial charge in [0.1, 0.15) is 18.2 Å². The maximum atomic E-state index is 13.2. The molecule has 0 atom stereocenters. The molecule has 1 heterocycles. The number of furan rings is 1. The Balaban J connectivity index is 1.70. The van der Waals surface area contributed by atoms with E-state index in [4.69, 9.17) is 25.5 Å². The summed E-state index contributed by atoms with van der Waals surface area (Å²) < 4.78 is 31.0. The summed E-state index contributed by atoms with van der Waals surface area (Å²) in [6.07, 6.45) is 1.65. The average molecular weight is 469 g/mol. The van der Waals surface area contributed by atoms with Gasteiger partial charge in [-0.2, -0.15) is 0 Å². The van der Waals surface area contributed by atoms with Crippen LogP contribution in [-0.2, 0) is 19.7 Å². The quantitative estimate of drug-likeness (QED) is 0.412. The SMILES string of the molecule is CCOc1cc(CNCc2ccco2)c(Br)cc1OCc1ccc(F)cc1Cl. The van der Waals surface area contributed by atoms with Gasteiger partial charge < -0.3 is 19.2 Å². The van der Waals surface area contributed by atoms with Gasteiger partial charge >= 0.3 is 0 Å². The second-order valence-electron chi connectivity index (χ2n) is 6.03. The molecule has 0 aliphatic heterocycles. The molecule has 7 heteroatoms. The highest BCUT2D eigenvalue weighted by molar-refractivity contribution is 9.10. The summed E-state index contributed by atoms with van der Waals surface area (Å²) in [6.45, 7) is 3.89. The lowest BCUT2D eigenvalue weighted by atomic mass is 10.2. The number of nitrogens with one attached hydrogen (secondary N) is 1. The van der Waals surface area contributed by atoms with Crippen LogP contribution in [0.3, 0.4) is 0 Å². The Morgan fingerprint density at radius 2 is 1.89 bits per heavy atom. The normalized spacial score (nSPS) is 10.9. The first-order valence-corrected chi connectivity index (χ1v) is 9.99. The van der Waals surface area contributed by atoms with E-state index in [9.17, 15) is 4.39 Å². The van der Waals surface area contributed by atoms with Gasteiger partial charge in [0.2, 0.25) is 0 Å². The van der Waals surface area contributed by atoms with Crippen LogP contribution in [0, 0.1) is 5.82 Å². The van der Waals surface area contributed by atoms with Crippen molar-refractivity contribution in [3.05, 3.63) is 80.9 Å². The van der Waals surface area contributed by atoms with E-state index in [0.717, 1.165) is 15.8 Å². The Kier molecular flexibility index (Phi) is 7.36. The Morgan fingerprint density at radius 3 is 2.61 bits per heavy atom. The van der Waals surface area contributed by atoms with Crippen LogP contribution >= 0.6 is 27.5 Å². The third-order valence-electron chi connectivity index (χ3n) is 4.01. The van der Waals surface area contributed by atoms with Crippen molar-refractivity contribution in [2.45, 2.75) is 26.6 Å². The van der Waals surface area contributed by atoms with E-state index in [0.29, 0.717) is 41.8 Å². The van der Waals surface area contributed by atoms with Crippen LogP contribution in [0.4, 0.5) is 4.39 Å². The van der Waals surface area contributed by atoms with E-state index in [-0.39, 0.29) is 12.4 Å². The van der Waals surface area contributed by atoms with Crippen molar-refractivity contribution in [3.8, 4) is 11.5 Å². The second-order valence-corrected chi connectivity index (χ2v) is 7.29. The molecule has 0 saturated heterocycles. The molecule has 4 nitrogen and oxygen atoms in total. The Labute approximate surface area is 176 Å². The molecule has 0 aliphatic carbocycles. The van der Waals surface area contributed by atoms with Gasteiger partial charge in [-0.25, -0.2) is 4.39 Å². The molecular weight excluding hydrogens is 449 g/mol. The summed E-state index contributed by atoms with van der Waals surface area (Å²) >= 11 is 9.66. The fraction of sp³-hybridized carbons (Fsp3) is 0.238. The van der Waals surface area contributed by atoms with Gasteiger partial charge in [-0.05, 0) is 48.9 Å². The van der Waals surface area contributed by atoms with E-state index < -0.39 is 0 Å². The van der Waals surface area contributed by atoms with E-state index in [1.807, 2.05) is 31.2 Å². The van der Waals surface area contributed by atoms with Gasteiger partial charge in [0.25, 0.3) is 0 Å². The maximum absolute atomic E-state index is 13.2. The van der Waals surface area contributed by atoms with Crippen LogP contribution in [-0.4, -0.2) is 6.61 Å². The highest BCUT2D eigenvalue weighted by Gasteiger charge is 2.12. The van der Waals surface area contributed by atoms with Crippen LogP contribution < -0.4 is 14.8 Å². The van der Waals surface area contributed by atoms with Gasteiger partial charge in [-0.1, -0.05) is 33.6 Å². The summed E-state index contributed by atoms with van der Waals surface area (Å²) in [5, 5.41) is 3.66. The second kappa shape index (κ2) is 9.96. The molecule has 0 bridgehead atoms. The number of benzene rings is 2. The molecule has 0 amide bonds. The van der Waals surface area contributed by atoms with Gasteiger partial charge in [0, 0.05) is 16.6 Å². The summed E-state index contributed by atoms with van der Waals surface area (Å²) in [7, 11) is 0. The Bertz CT molecular complexity index is 918. The summed E-state index contributed by atoms with van der Waals surface area (Å²) in [5.74, 6) is 1.72. The lowest BCUT2D eigenvalue weighted by Gasteiger charge is -2.16. The third kappa shape index (κ3) is 5.50. The third-order valence-corrected chi connectivity index (χ3v) is 5.10. The molecule has 0 saturated carbocycles. The van der Waals surface area contributed by atoms with Crippen molar-refractivity contribution >= 4 is 27.5 Å². The first-order valence-electron chi connectivity index (χ1n) is 8.82. The van der Waals surface area contributed by atoms with Gasteiger partial charge in [0.05, 0.1) is 24.4 Å². The van der Waals surface area contributed by atoms with Crippen LogP contribution in [0.5, 0.6) is 11.5 Å². The fourth-order valence-electron chi connectivity index (χ4n) is 2.62. The van der Waals surface area contributed by atoms with E-state index in [2.05, 4.69) is 21.2 Å². The zero-order valence-electron chi connectivity index (χ0n) is 15.3. The number of ether oxygens (including phenoxy) is 2. The van der Waals surface area contributed by atoms with Crippen LogP contribution in [0.2, 0.25) is 5.02 Å². The molecule has 1 N–H and O–H groups in total. The molecule has 3 rings (SSSR count). The summed E-state index contributed by atoms with van der Waals surface area (Å²) in [5.41, 5.74) is 1.73. The van der Waals surface area contributed by atoms with Gasteiger partial charge in [0.15, 0.2) is 11.5 Å². The molecule has 0 aliphatic rings. The average Bonchev–Trinajstić information content (AvgIpc) is 3.17. The van der Waals surface area contributed by atoms with Crippen molar-refractivity contribution in [1.29, 1.82) is 0 Å².